The normalized spacial score (nSPS) is 11.0. The molecule has 0 saturated carbocycles. The van der Waals surface area contributed by atoms with Crippen LogP contribution in [0.25, 0.3) is 0 Å². The van der Waals surface area contributed by atoms with E-state index < -0.39 is 0 Å². The first-order chi connectivity index (χ1) is 9.69. The minimum atomic E-state index is -0.0438. The highest BCUT2D eigenvalue weighted by molar-refractivity contribution is 5.94. The predicted molar refractivity (Wildman–Crippen MR) is 93.1 cm³/mol. The van der Waals surface area contributed by atoms with E-state index in [-0.39, 0.29) is 36.8 Å². The van der Waals surface area contributed by atoms with Crippen molar-refractivity contribution in [2.75, 3.05) is 13.6 Å². The molecule has 5 nitrogen and oxygen atoms in total. The number of nitrogens with zero attached hydrogens (tertiary/aromatic N) is 2. The number of amides is 1. The quantitative estimate of drug-likeness (QED) is 0.843. The van der Waals surface area contributed by atoms with Crippen LogP contribution in [0.1, 0.15) is 22.8 Å². The Bertz CT molecular complexity index is 543. The average molecular weight is 345 g/mol. The smallest absolute Gasteiger partial charge is 0.251 e. The molecule has 1 heterocycles. The maximum Gasteiger partial charge on any atom is 0.251 e. The average Bonchev–Trinajstić information content (AvgIpc) is 2.98. The topological polar surface area (TPSA) is 58.9 Å². The third-order valence-electron chi connectivity index (χ3n) is 3.18. The number of aromatic nitrogens is 2. The molecular formula is C15H22Cl2N4O. The van der Waals surface area contributed by atoms with E-state index in [2.05, 4.69) is 15.7 Å². The van der Waals surface area contributed by atoms with E-state index in [4.69, 9.17) is 0 Å². The molecule has 1 aromatic carbocycles. The van der Waals surface area contributed by atoms with Crippen LogP contribution in [-0.4, -0.2) is 35.3 Å². The molecule has 0 spiro atoms. The van der Waals surface area contributed by atoms with E-state index in [9.17, 15) is 4.79 Å². The summed E-state index contributed by atoms with van der Waals surface area (Å²) in [6, 6.07) is 9.76. The molecule has 0 aliphatic carbocycles. The molecule has 2 rings (SSSR count). The second kappa shape index (κ2) is 10.2. The number of hydrogen-bond acceptors (Lipinski definition) is 3. The third kappa shape index (κ3) is 6.05. The molecule has 22 heavy (non-hydrogen) atoms. The highest BCUT2D eigenvalue weighted by atomic mass is 35.5. The lowest BCUT2D eigenvalue weighted by Gasteiger charge is -2.11. The van der Waals surface area contributed by atoms with Gasteiger partial charge in [-0.25, -0.2) is 0 Å². The molecule has 122 valence electrons. The van der Waals surface area contributed by atoms with Crippen molar-refractivity contribution in [1.29, 1.82) is 0 Å². The largest absolute Gasteiger partial charge is 0.350 e. The van der Waals surface area contributed by atoms with E-state index in [1.54, 1.807) is 6.20 Å². The summed E-state index contributed by atoms with van der Waals surface area (Å²) < 4.78 is 1.85. The zero-order chi connectivity index (χ0) is 14.4. The number of carbonyl (C=O) groups excluding carboxylic acids is 1. The minimum Gasteiger partial charge on any atom is -0.350 e. The number of hydrogen-bond donors (Lipinski definition) is 2. The molecule has 1 unspecified atom stereocenters. The monoisotopic (exact) mass is 344 g/mol. The van der Waals surface area contributed by atoms with Crippen LogP contribution in [-0.2, 0) is 6.54 Å². The SMILES string of the molecule is CNC(C)CNC(=O)c1ccc(Cn2cccn2)cc1.Cl.Cl. The van der Waals surface area contributed by atoms with Gasteiger partial charge in [0.25, 0.3) is 5.91 Å². The fourth-order valence-corrected chi connectivity index (χ4v) is 1.79. The van der Waals surface area contributed by atoms with Crippen molar-refractivity contribution in [3.63, 3.8) is 0 Å². The summed E-state index contributed by atoms with van der Waals surface area (Å²) in [6.45, 7) is 3.35. The Balaban J connectivity index is 0.00000220. The van der Waals surface area contributed by atoms with E-state index in [0.29, 0.717) is 18.7 Å². The van der Waals surface area contributed by atoms with Crippen molar-refractivity contribution < 1.29 is 4.79 Å². The highest BCUT2D eigenvalue weighted by Crippen LogP contribution is 2.06. The van der Waals surface area contributed by atoms with Crippen molar-refractivity contribution in [3.8, 4) is 0 Å². The first kappa shape index (κ1) is 20.4. The molecule has 1 amide bonds. The van der Waals surface area contributed by atoms with Crippen LogP contribution in [0.5, 0.6) is 0 Å². The van der Waals surface area contributed by atoms with E-state index >= 15 is 0 Å². The number of halogens is 2. The Morgan fingerprint density at radius 3 is 2.50 bits per heavy atom. The van der Waals surface area contributed by atoms with Gasteiger partial charge in [-0.2, -0.15) is 5.10 Å². The van der Waals surface area contributed by atoms with Crippen LogP contribution in [0.3, 0.4) is 0 Å². The van der Waals surface area contributed by atoms with Gasteiger partial charge in [-0.15, -0.1) is 24.8 Å². The Morgan fingerprint density at radius 2 is 1.95 bits per heavy atom. The Kier molecular flexibility index (Phi) is 9.49. The Labute approximate surface area is 143 Å². The standard InChI is InChI=1S/C15H20N4O.2ClH/c1-12(16-2)10-17-15(20)14-6-4-13(5-7-14)11-19-9-3-8-18-19;;/h3-9,12,16H,10-11H2,1-2H3,(H,17,20);2*1H. The number of likely N-dealkylation sites (N-methyl/N-ethyl adjacent to an activating group) is 1. The zero-order valence-electron chi connectivity index (χ0n) is 12.7. The Morgan fingerprint density at radius 1 is 1.27 bits per heavy atom. The van der Waals surface area contributed by atoms with Gasteiger partial charge in [0.1, 0.15) is 0 Å². The summed E-state index contributed by atoms with van der Waals surface area (Å²) in [5.41, 5.74) is 1.80. The first-order valence-electron chi connectivity index (χ1n) is 6.71. The summed E-state index contributed by atoms with van der Waals surface area (Å²) in [5.74, 6) is -0.0438. The van der Waals surface area contributed by atoms with Gasteiger partial charge in [-0.05, 0) is 37.7 Å². The van der Waals surface area contributed by atoms with Crippen LogP contribution in [0, 0.1) is 0 Å². The molecule has 0 radical (unpaired) electrons. The molecule has 0 aliphatic heterocycles. The predicted octanol–water partition coefficient (Wildman–Crippen LogP) is 2.11. The van der Waals surface area contributed by atoms with Crippen molar-refractivity contribution in [2.24, 2.45) is 0 Å². The molecule has 1 aromatic heterocycles. The molecular weight excluding hydrogens is 323 g/mol. The maximum absolute atomic E-state index is 11.9. The van der Waals surface area contributed by atoms with E-state index in [1.165, 1.54) is 0 Å². The first-order valence-corrected chi connectivity index (χ1v) is 6.71. The van der Waals surface area contributed by atoms with Gasteiger partial charge in [0.15, 0.2) is 0 Å². The third-order valence-corrected chi connectivity index (χ3v) is 3.18. The lowest BCUT2D eigenvalue weighted by Crippen LogP contribution is -2.37. The number of rotatable bonds is 6. The summed E-state index contributed by atoms with van der Waals surface area (Å²) in [5, 5.41) is 10.1. The lowest BCUT2D eigenvalue weighted by atomic mass is 10.1. The van der Waals surface area contributed by atoms with Crippen molar-refractivity contribution in [1.82, 2.24) is 20.4 Å². The molecule has 2 aromatic rings. The lowest BCUT2D eigenvalue weighted by molar-refractivity contribution is 0.0950. The van der Waals surface area contributed by atoms with Gasteiger partial charge >= 0.3 is 0 Å². The van der Waals surface area contributed by atoms with Gasteiger partial charge in [-0.1, -0.05) is 12.1 Å². The molecule has 0 fully saturated rings. The second-order valence-corrected chi connectivity index (χ2v) is 4.80. The summed E-state index contributed by atoms with van der Waals surface area (Å²) >= 11 is 0. The molecule has 1 atom stereocenters. The van der Waals surface area contributed by atoms with E-state index in [1.807, 2.05) is 55.2 Å². The fraction of sp³-hybridized carbons (Fsp3) is 0.333. The number of carbonyl (C=O) groups is 1. The van der Waals surface area contributed by atoms with Crippen LogP contribution in [0.4, 0.5) is 0 Å². The van der Waals surface area contributed by atoms with Gasteiger partial charge in [0, 0.05) is 30.5 Å². The van der Waals surface area contributed by atoms with E-state index in [0.717, 1.165) is 5.56 Å². The van der Waals surface area contributed by atoms with Crippen LogP contribution in [0.2, 0.25) is 0 Å². The van der Waals surface area contributed by atoms with Crippen LogP contribution >= 0.6 is 24.8 Å². The van der Waals surface area contributed by atoms with Crippen molar-refractivity contribution in [3.05, 3.63) is 53.9 Å². The molecule has 0 bridgehead atoms. The molecule has 0 aliphatic rings. The maximum atomic E-state index is 11.9. The van der Waals surface area contributed by atoms with Crippen LogP contribution in [0.15, 0.2) is 42.7 Å². The fourth-order valence-electron chi connectivity index (χ4n) is 1.79. The zero-order valence-corrected chi connectivity index (χ0v) is 14.3. The summed E-state index contributed by atoms with van der Waals surface area (Å²) in [4.78, 5) is 11.9. The highest BCUT2D eigenvalue weighted by Gasteiger charge is 2.06. The van der Waals surface area contributed by atoms with Gasteiger partial charge in [0.2, 0.25) is 0 Å². The van der Waals surface area contributed by atoms with Crippen molar-refractivity contribution >= 4 is 30.7 Å². The molecule has 0 saturated heterocycles. The number of nitrogens with one attached hydrogen (secondary N) is 2. The van der Waals surface area contributed by atoms with Crippen molar-refractivity contribution in [2.45, 2.75) is 19.5 Å². The second-order valence-electron chi connectivity index (χ2n) is 4.80. The summed E-state index contributed by atoms with van der Waals surface area (Å²) in [6.07, 6.45) is 3.67. The Hall–Kier alpha value is -1.56. The summed E-state index contributed by atoms with van der Waals surface area (Å²) in [7, 11) is 1.88. The van der Waals surface area contributed by atoms with Gasteiger partial charge in [0.05, 0.1) is 6.54 Å². The minimum absolute atomic E-state index is 0. The molecule has 2 N–H and O–H groups in total. The molecule has 7 heteroatoms. The van der Waals surface area contributed by atoms with Crippen LogP contribution < -0.4 is 10.6 Å². The van der Waals surface area contributed by atoms with Gasteiger partial charge in [-0.3, -0.25) is 9.48 Å². The van der Waals surface area contributed by atoms with Gasteiger partial charge < -0.3 is 10.6 Å². The number of benzene rings is 1.